The molecule has 0 spiro atoms. The molecule has 0 atom stereocenters. The Kier molecular flexibility index (Phi) is 4.31. The quantitative estimate of drug-likeness (QED) is 0.651. The number of amides is 2. The van der Waals surface area contributed by atoms with Crippen molar-refractivity contribution < 1.29 is 18.4 Å². The molecular formula is C11H11F2N3O2S. The van der Waals surface area contributed by atoms with Crippen molar-refractivity contribution in [2.75, 3.05) is 0 Å². The fourth-order valence-electron chi connectivity index (χ4n) is 1.38. The van der Waals surface area contributed by atoms with E-state index in [0.717, 1.165) is 12.8 Å². The molecule has 2 rings (SSSR count). The summed E-state index contributed by atoms with van der Waals surface area (Å²) in [7, 11) is 0. The van der Waals surface area contributed by atoms with Gasteiger partial charge in [-0.1, -0.05) is 0 Å². The summed E-state index contributed by atoms with van der Waals surface area (Å²) in [6, 6.07) is 2.84. The number of halogens is 2. The molecule has 102 valence electrons. The van der Waals surface area contributed by atoms with E-state index in [0.29, 0.717) is 0 Å². The maximum Gasteiger partial charge on any atom is 0.290 e. The Morgan fingerprint density at radius 2 is 2.11 bits per heavy atom. The average Bonchev–Trinajstić information content (AvgIpc) is 3.19. The van der Waals surface area contributed by atoms with Gasteiger partial charge >= 0.3 is 0 Å². The third kappa shape index (κ3) is 3.88. The molecule has 1 aromatic heterocycles. The molecule has 0 radical (unpaired) electrons. The van der Waals surface area contributed by atoms with Crippen molar-refractivity contribution in [1.82, 2.24) is 15.8 Å². The zero-order valence-corrected chi connectivity index (χ0v) is 10.5. The molecule has 1 fully saturated rings. The molecule has 0 aromatic carbocycles. The molecule has 1 saturated carbocycles. The van der Waals surface area contributed by atoms with Crippen LogP contribution in [0.25, 0.3) is 0 Å². The fourth-order valence-corrected chi connectivity index (χ4v) is 1.95. The van der Waals surface area contributed by atoms with Crippen molar-refractivity contribution in [3.8, 4) is 0 Å². The summed E-state index contributed by atoms with van der Waals surface area (Å²) in [5.41, 5.74) is 4.46. The number of nitrogens with one attached hydrogen (secondary N) is 2. The molecule has 2 amide bonds. The molecule has 0 unspecified atom stereocenters. The number of thioether (sulfide) groups is 1. The minimum Gasteiger partial charge on any atom is -0.273 e. The van der Waals surface area contributed by atoms with Crippen molar-refractivity contribution >= 4 is 23.6 Å². The number of alkyl halides is 2. The predicted molar refractivity (Wildman–Crippen MR) is 64.4 cm³/mol. The molecule has 1 aliphatic carbocycles. The first-order valence-electron chi connectivity index (χ1n) is 5.58. The van der Waals surface area contributed by atoms with E-state index in [1.54, 1.807) is 0 Å². The minimum atomic E-state index is -2.66. The lowest BCUT2D eigenvalue weighted by Crippen LogP contribution is -2.42. The highest BCUT2D eigenvalue weighted by Crippen LogP contribution is 2.28. The standard InChI is InChI=1S/C11H11F2N3O2S/c12-11(13)19-10-7(2-1-5-14-10)9(18)16-15-8(17)6-3-4-6/h1-2,5-6,11H,3-4H2,(H,15,17)(H,16,18). The van der Waals surface area contributed by atoms with Crippen LogP contribution in [0.15, 0.2) is 23.4 Å². The Balaban J connectivity index is 1.99. The van der Waals surface area contributed by atoms with E-state index in [4.69, 9.17) is 0 Å². The van der Waals surface area contributed by atoms with Crippen LogP contribution in [0.3, 0.4) is 0 Å². The highest BCUT2D eigenvalue weighted by molar-refractivity contribution is 7.99. The van der Waals surface area contributed by atoms with Crippen LogP contribution in [0, 0.1) is 5.92 Å². The highest BCUT2D eigenvalue weighted by atomic mass is 32.2. The smallest absolute Gasteiger partial charge is 0.273 e. The van der Waals surface area contributed by atoms with Gasteiger partial charge in [-0.3, -0.25) is 20.4 Å². The summed E-state index contributed by atoms with van der Waals surface area (Å²) in [5, 5.41) is -0.0735. The number of carbonyl (C=O) groups excluding carboxylic acids is 2. The molecule has 1 aliphatic rings. The first-order valence-corrected chi connectivity index (χ1v) is 6.46. The Labute approximate surface area is 112 Å². The van der Waals surface area contributed by atoms with Crippen LogP contribution in [-0.2, 0) is 4.79 Å². The van der Waals surface area contributed by atoms with Crippen molar-refractivity contribution in [3.63, 3.8) is 0 Å². The molecule has 5 nitrogen and oxygen atoms in total. The number of pyridine rings is 1. The first kappa shape index (κ1) is 13.7. The second kappa shape index (κ2) is 5.96. The van der Waals surface area contributed by atoms with Crippen LogP contribution in [0.5, 0.6) is 0 Å². The monoisotopic (exact) mass is 287 g/mol. The van der Waals surface area contributed by atoms with Gasteiger partial charge < -0.3 is 0 Å². The van der Waals surface area contributed by atoms with Crippen molar-refractivity contribution in [2.24, 2.45) is 5.92 Å². The summed E-state index contributed by atoms with van der Waals surface area (Å²) in [6.45, 7) is 0. The third-order valence-electron chi connectivity index (χ3n) is 2.46. The average molecular weight is 287 g/mol. The van der Waals surface area contributed by atoms with Crippen LogP contribution in [0.2, 0.25) is 0 Å². The van der Waals surface area contributed by atoms with Crippen molar-refractivity contribution in [2.45, 2.75) is 23.6 Å². The Morgan fingerprint density at radius 1 is 1.37 bits per heavy atom. The maximum absolute atomic E-state index is 12.3. The van der Waals surface area contributed by atoms with Crippen LogP contribution in [-0.4, -0.2) is 22.6 Å². The number of rotatable bonds is 4. The predicted octanol–water partition coefficient (Wildman–Crippen LogP) is 1.57. The number of hydrazine groups is 1. The van der Waals surface area contributed by atoms with E-state index in [-0.39, 0.29) is 34.2 Å². The van der Waals surface area contributed by atoms with E-state index in [1.807, 2.05) is 0 Å². The lowest BCUT2D eigenvalue weighted by atomic mass is 10.3. The van der Waals surface area contributed by atoms with Crippen molar-refractivity contribution in [1.29, 1.82) is 0 Å². The fraction of sp³-hybridized carbons (Fsp3) is 0.364. The number of nitrogens with zero attached hydrogens (tertiary/aromatic N) is 1. The van der Waals surface area contributed by atoms with Crippen LogP contribution in [0.1, 0.15) is 23.2 Å². The largest absolute Gasteiger partial charge is 0.290 e. The molecule has 19 heavy (non-hydrogen) atoms. The molecule has 8 heteroatoms. The molecule has 1 heterocycles. The van der Waals surface area contributed by atoms with Gasteiger partial charge in [0, 0.05) is 12.1 Å². The third-order valence-corrected chi connectivity index (χ3v) is 3.19. The van der Waals surface area contributed by atoms with E-state index < -0.39 is 11.7 Å². The molecule has 2 N–H and O–H groups in total. The number of carbonyl (C=O) groups is 2. The van der Waals surface area contributed by atoms with Gasteiger partial charge in [-0.25, -0.2) is 4.98 Å². The van der Waals surface area contributed by atoms with Gasteiger partial charge in [-0.05, 0) is 36.7 Å². The molecule has 1 aromatic rings. The van der Waals surface area contributed by atoms with Crippen LogP contribution >= 0.6 is 11.8 Å². The Bertz CT molecular complexity index is 495. The van der Waals surface area contributed by atoms with Crippen molar-refractivity contribution in [3.05, 3.63) is 23.9 Å². The number of hydrogen-bond acceptors (Lipinski definition) is 4. The minimum absolute atomic E-state index is 0.00361. The van der Waals surface area contributed by atoms with Gasteiger partial charge in [0.05, 0.1) is 5.56 Å². The SMILES string of the molecule is O=C(NNC(=O)C1CC1)c1cccnc1SC(F)F. The lowest BCUT2D eigenvalue weighted by Gasteiger charge is -2.09. The molecule has 0 saturated heterocycles. The summed E-state index contributed by atoms with van der Waals surface area (Å²) in [5.74, 6) is -3.64. The van der Waals surface area contributed by atoms with E-state index in [2.05, 4.69) is 15.8 Å². The van der Waals surface area contributed by atoms with E-state index in [9.17, 15) is 18.4 Å². The first-order chi connectivity index (χ1) is 9.08. The lowest BCUT2D eigenvalue weighted by molar-refractivity contribution is -0.123. The van der Waals surface area contributed by atoms with Gasteiger partial charge in [-0.15, -0.1) is 0 Å². The normalized spacial score (nSPS) is 14.3. The van der Waals surface area contributed by atoms with Gasteiger partial charge in [-0.2, -0.15) is 8.78 Å². The molecule has 0 bridgehead atoms. The second-order valence-corrected chi connectivity index (χ2v) is 4.93. The second-order valence-electron chi connectivity index (χ2n) is 3.95. The Morgan fingerprint density at radius 3 is 2.74 bits per heavy atom. The van der Waals surface area contributed by atoms with Gasteiger partial charge in [0.25, 0.3) is 11.7 Å². The van der Waals surface area contributed by atoms with Gasteiger partial charge in [0.1, 0.15) is 5.03 Å². The van der Waals surface area contributed by atoms with Crippen LogP contribution < -0.4 is 10.9 Å². The highest BCUT2D eigenvalue weighted by Gasteiger charge is 2.30. The summed E-state index contributed by atoms with van der Waals surface area (Å²) < 4.78 is 24.6. The summed E-state index contributed by atoms with van der Waals surface area (Å²) >= 11 is 0.188. The molecule has 0 aliphatic heterocycles. The van der Waals surface area contributed by atoms with Gasteiger partial charge in [0.15, 0.2) is 0 Å². The van der Waals surface area contributed by atoms with E-state index in [1.165, 1.54) is 18.3 Å². The Hall–Kier alpha value is -1.70. The van der Waals surface area contributed by atoms with Gasteiger partial charge in [0.2, 0.25) is 5.91 Å². The summed E-state index contributed by atoms with van der Waals surface area (Å²) in [4.78, 5) is 26.8. The van der Waals surface area contributed by atoms with Crippen LogP contribution in [0.4, 0.5) is 8.78 Å². The maximum atomic E-state index is 12.3. The summed E-state index contributed by atoms with van der Waals surface area (Å²) in [6.07, 6.45) is 2.94. The topological polar surface area (TPSA) is 71.1 Å². The zero-order chi connectivity index (χ0) is 13.8. The number of hydrogen-bond donors (Lipinski definition) is 2. The van der Waals surface area contributed by atoms with E-state index >= 15 is 0 Å². The molecular weight excluding hydrogens is 276 g/mol. The number of aromatic nitrogens is 1. The zero-order valence-electron chi connectivity index (χ0n) is 9.73.